The first kappa shape index (κ1) is 16.6. The van der Waals surface area contributed by atoms with Gasteiger partial charge in [-0.1, -0.05) is 12.1 Å². The fourth-order valence-corrected chi connectivity index (χ4v) is 3.42. The first-order valence-corrected chi connectivity index (χ1v) is 8.64. The van der Waals surface area contributed by atoms with E-state index in [9.17, 15) is 4.79 Å². The van der Waals surface area contributed by atoms with Gasteiger partial charge in [0.2, 0.25) is 5.95 Å². The van der Waals surface area contributed by atoms with Gasteiger partial charge < -0.3 is 15.0 Å². The van der Waals surface area contributed by atoms with Crippen LogP contribution in [0.2, 0.25) is 0 Å². The zero-order valence-corrected chi connectivity index (χ0v) is 14.6. The van der Waals surface area contributed by atoms with Gasteiger partial charge in [-0.2, -0.15) is 0 Å². The molecule has 1 aromatic heterocycles. The summed E-state index contributed by atoms with van der Waals surface area (Å²) in [6.45, 7) is 6.51. The van der Waals surface area contributed by atoms with Crippen LogP contribution >= 0.6 is 0 Å². The van der Waals surface area contributed by atoms with Crippen LogP contribution < -0.4 is 5.73 Å². The van der Waals surface area contributed by atoms with Crippen molar-refractivity contribution in [2.45, 2.75) is 46.1 Å². The highest BCUT2D eigenvalue weighted by atomic mass is 16.5. The van der Waals surface area contributed by atoms with E-state index in [1.807, 2.05) is 13.0 Å². The minimum Gasteiger partial charge on any atom is -0.466 e. The third kappa shape index (κ3) is 3.03. The molecule has 0 bridgehead atoms. The molecule has 0 saturated carbocycles. The Balaban J connectivity index is 1.88. The highest BCUT2D eigenvalue weighted by molar-refractivity contribution is 5.84. The Morgan fingerprint density at radius 2 is 2.25 bits per heavy atom. The molecule has 128 valence electrons. The molecule has 0 fully saturated rings. The molecule has 5 nitrogen and oxygen atoms in total. The second-order valence-electron chi connectivity index (χ2n) is 6.59. The van der Waals surface area contributed by atoms with Gasteiger partial charge in [0, 0.05) is 6.04 Å². The SMILES string of the molecule is CCOC(=O)C1CC=C(c2ccc3nc(N)n(C(C)C)c3c2)CC1. The van der Waals surface area contributed by atoms with Crippen molar-refractivity contribution >= 4 is 28.5 Å². The Bertz CT molecular complexity index is 789. The van der Waals surface area contributed by atoms with Gasteiger partial charge >= 0.3 is 5.97 Å². The van der Waals surface area contributed by atoms with Crippen molar-refractivity contribution < 1.29 is 9.53 Å². The van der Waals surface area contributed by atoms with E-state index < -0.39 is 0 Å². The lowest BCUT2D eigenvalue weighted by Gasteiger charge is -2.21. The number of nitrogen functional groups attached to an aromatic ring is 1. The number of carbonyl (C=O) groups excluding carboxylic acids is 1. The molecule has 3 rings (SSSR count). The summed E-state index contributed by atoms with van der Waals surface area (Å²) < 4.78 is 7.19. The Morgan fingerprint density at radius 1 is 1.46 bits per heavy atom. The molecule has 1 aliphatic rings. The number of esters is 1. The number of allylic oxidation sites excluding steroid dienone is 2. The molecule has 1 heterocycles. The highest BCUT2D eigenvalue weighted by Crippen LogP contribution is 2.33. The Kier molecular flexibility index (Phi) is 4.60. The van der Waals surface area contributed by atoms with Crippen LogP contribution in [0, 0.1) is 5.92 Å². The lowest BCUT2D eigenvalue weighted by atomic mass is 9.86. The molecule has 2 N–H and O–H groups in total. The molecule has 0 saturated heterocycles. The van der Waals surface area contributed by atoms with Crippen LogP contribution in [0.15, 0.2) is 24.3 Å². The molecule has 0 radical (unpaired) electrons. The summed E-state index contributed by atoms with van der Waals surface area (Å²) >= 11 is 0. The molecule has 2 aromatic rings. The number of rotatable bonds is 4. The Labute approximate surface area is 142 Å². The summed E-state index contributed by atoms with van der Waals surface area (Å²) in [6.07, 6.45) is 4.65. The van der Waals surface area contributed by atoms with Crippen LogP contribution in [0.1, 0.15) is 51.6 Å². The van der Waals surface area contributed by atoms with Crippen LogP contribution in [0.25, 0.3) is 16.6 Å². The summed E-state index contributed by atoms with van der Waals surface area (Å²) in [4.78, 5) is 16.3. The van der Waals surface area contributed by atoms with E-state index in [1.54, 1.807) is 0 Å². The standard InChI is InChI=1S/C19H25N3O2/c1-4-24-18(23)14-7-5-13(6-8-14)15-9-10-16-17(11-15)22(12(2)3)19(20)21-16/h5,9-12,14H,4,6-8H2,1-3H3,(H2,20,21). The first-order chi connectivity index (χ1) is 11.5. The fraction of sp³-hybridized carbons (Fsp3) is 0.474. The highest BCUT2D eigenvalue weighted by Gasteiger charge is 2.23. The number of nitrogens with zero attached hydrogens (tertiary/aromatic N) is 2. The second kappa shape index (κ2) is 6.67. The molecule has 1 unspecified atom stereocenters. The van der Waals surface area contributed by atoms with Crippen LogP contribution in [0.5, 0.6) is 0 Å². The van der Waals surface area contributed by atoms with Crippen molar-refractivity contribution in [2.24, 2.45) is 5.92 Å². The van der Waals surface area contributed by atoms with Gasteiger partial charge in [0.25, 0.3) is 0 Å². The van der Waals surface area contributed by atoms with Crippen molar-refractivity contribution in [3.63, 3.8) is 0 Å². The lowest BCUT2D eigenvalue weighted by Crippen LogP contribution is -2.19. The minimum absolute atomic E-state index is 0.00531. The zero-order valence-electron chi connectivity index (χ0n) is 14.6. The molecular formula is C19H25N3O2. The van der Waals surface area contributed by atoms with E-state index in [0.717, 1.165) is 30.3 Å². The number of hydrogen-bond acceptors (Lipinski definition) is 4. The van der Waals surface area contributed by atoms with Gasteiger partial charge in [-0.25, -0.2) is 4.98 Å². The first-order valence-electron chi connectivity index (χ1n) is 8.64. The van der Waals surface area contributed by atoms with Gasteiger partial charge in [-0.15, -0.1) is 0 Å². The zero-order chi connectivity index (χ0) is 17.3. The maximum atomic E-state index is 11.9. The lowest BCUT2D eigenvalue weighted by molar-refractivity contribution is -0.148. The van der Waals surface area contributed by atoms with Gasteiger partial charge in [-0.05, 0) is 63.3 Å². The third-order valence-electron chi connectivity index (χ3n) is 4.63. The quantitative estimate of drug-likeness (QED) is 0.863. The molecule has 5 heteroatoms. The van der Waals surface area contributed by atoms with Gasteiger partial charge in [0.15, 0.2) is 0 Å². The number of benzene rings is 1. The minimum atomic E-state index is -0.0751. The van der Waals surface area contributed by atoms with Crippen LogP contribution in [-0.2, 0) is 9.53 Å². The normalized spacial score (nSPS) is 18.0. The van der Waals surface area contributed by atoms with Crippen LogP contribution in [0.3, 0.4) is 0 Å². The number of nitrogens with two attached hydrogens (primary N) is 1. The van der Waals surface area contributed by atoms with Gasteiger partial charge in [-0.3, -0.25) is 4.79 Å². The van der Waals surface area contributed by atoms with Crippen molar-refractivity contribution in [3.05, 3.63) is 29.8 Å². The average Bonchev–Trinajstić information content (AvgIpc) is 2.90. The summed E-state index contributed by atoms with van der Waals surface area (Å²) in [5.41, 5.74) is 10.5. The number of imidazole rings is 1. The molecule has 1 aromatic carbocycles. The van der Waals surface area contributed by atoms with E-state index in [-0.39, 0.29) is 17.9 Å². The molecular weight excluding hydrogens is 302 g/mol. The fourth-order valence-electron chi connectivity index (χ4n) is 3.42. The second-order valence-corrected chi connectivity index (χ2v) is 6.59. The van der Waals surface area contributed by atoms with E-state index in [2.05, 4.69) is 41.6 Å². The van der Waals surface area contributed by atoms with Crippen molar-refractivity contribution in [3.8, 4) is 0 Å². The van der Waals surface area contributed by atoms with Crippen molar-refractivity contribution in [1.29, 1.82) is 0 Å². The molecule has 1 atom stereocenters. The summed E-state index contributed by atoms with van der Waals surface area (Å²) in [5, 5.41) is 0. The molecule has 1 aliphatic carbocycles. The number of anilines is 1. The predicted molar refractivity (Wildman–Crippen MR) is 96.5 cm³/mol. The van der Waals surface area contributed by atoms with Crippen molar-refractivity contribution in [2.75, 3.05) is 12.3 Å². The Hall–Kier alpha value is -2.30. The molecule has 24 heavy (non-hydrogen) atoms. The van der Waals surface area contributed by atoms with E-state index in [0.29, 0.717) is 12.6 Å². The van der Waals surface area contributed by atoms with Gasteiger partial charge in [0.1, 0.15) is 0 Å². The molecule has 0 spiro atoms. The maximum Gasteiger partial charge on any atom is 0.309 e. The number of fused-ring (bicyclic) bond motifs is 1. The number of ether oxygens (including phenoxy) is 1. The number of hydrogen-bond donors (Lipinski definition) is 1. The predicted octanol–water partition coefficient (Wildman–Crippen LogP) is 3.95. The monoisotopic (exact) mass is 327 g/mol. The summed E-state index contributed by atoms with van der Waals surface area (Å²) in [6, 6.07) is 6.54. The smallest absolute Gasteiger partial charge is 0.309 e. The van der Waals surface area contributed by atoms with E-state index >= 15 is 0 Å². The van der Waals surface area contributed by atoms with Crippen LogP contribution in [0.4, 0.5) is 5.95 Å². The molecule has 0 aliphatic heterocycles. The largest absolute Gasteiger partial charge is 0.466 e. The average molecular weight is 327 g/mol. The topological polar surface area (TPSA) is 70.1 Å². The summed E-state index contributed by atoms with van der Waals surface area (Å²) in [7, 11) is 0. The number of carbonyl (C=O) groups is 1. The van der Waals surface area contributed by atoms with E-state index in [1.165, 1.54) is 11.1 Å². The van der Waals surface area contributed by atoms with Gasteiger partial charge in [0.05, 0.1) is 23.6 Å². The summed E-state index contributed by atoms with van der Waals surface area (Å²) in [5.74, 6) is 0.473. The molecule has 0 amide bonds. The van der Waals surface area contributed by atoms with E-state index in [4.69, 9.17) is 10.5 Å². The third-order valence-corrected chi connectivity index (χ3v) is 4.63. The Morgan fingerprint density at radius 3 is 2.88 bits per heavy atom. The number of aromatic nitrogens is 2. The van der Waals surface area contributed by atoms with Crippen molar-refractivity contribution in [1.82, 2.24) is 9.55 Å². The maximum absolute atomic E-state index is 11.9. The van der Waals surface area contributed by atoms with Crippen LogP contribution in [-0.4, -0.2) is 22.1 Å².